The summed E-state index contributed by atoms with van der Waals surface area (Å²) in [4.78, 5) is 16.5. The predicted molar refractivity (Wildman–Crippen MR) is 104 cm³/mol. The summed E-state index contributed by atoms with van der Waals surface area (Å²) in [6.45, 7) is 5.08. The van der Waals surface area contributed by atoms with E-state index in [0.29, 0.717) is 19.6 Å². The van der Waals surface area contributed by atoms with Crippen LogP contribution in [0.15, 0.2) is 48.5 Å². The molecule has 2 atom stereocenters. The minimum Gasteiger partial charge on any atom is -0.483 e. The zero-order chi connectivity index (χ0) is 21.9. The first-order chi connectivity index (χ1) is 14.1. The molecule has 8 heteroatoms. The van der Waals surface area contributed by atoms with E-state index in [4.69, 9.17) is 4.74 Å². The Morgan fingerprint density at radius 1 is 1.03 bits per heavy atom. The number of carbonyl (C=O) groups is 1. The smallest absolute Gasteiger partial charge is 0.419 e. The normalized spacial score (nSPS) is 20.3. The molecule has 2 aromatic carbocycles. The van der Waals surface area contributed by atoms with Crippen molar-refractivity contribution in [1.29, 1.82) is 0 Å². The van der Waals surface area contributed by atoms with Crippen LogP contribution in [0.3, 0.4) is 0 Å². The summed E-state index contributed by atoms with van der Waals surface area (Å²) in [5, 5.41) is 0. The molecule has 2 aromatic rings. The number of carbonyl (C=O) groups excluding carboxylic acids is 1. The lowest BCUT2D eigenvalue weighted by molar-refractivity contribution is -0.143. The summed E-state index contributed by atoms with van der Waals surface area (Å²) in [5.74, 6) is -0.996. The lowest BCUT2D eigenvalue weighted by atomic mass is 10.1. The zero-order valence-electron chi connectivity index (χ0n) is 16.8. The summed E-state index contributed by atoms with van der Waals surface area (Å²) in [6.07, 6.45) is -4.55. The molecule has 30 heavy (non-hydrogen) atoms. The minimum atomic E-state index is -4.55. The van der Waals surface area contributed by atoms with E-state index in [1.54, 1.807) is 17.0 Å². The van der Waals surface area contributed by atoms with Crippen molar-refractivity contribution in [2.75, 3.05) is 19.7 Å². The third kappa shape index (κ3) is 5.30. The molecule has 0 spiro atoms. The number of piperazine rings is 1. The van der Waals surface area contributed by atoms with Crippen molar-refractivity contribution in [3.8, 4) is 5.75 Å². The highest BCUT2D eigenvalue weighted by Crippen LogP contribution is 2.35. The molecule has 1 fully saturated rings. The molecule has 1 aliphatic rings. The number of halogens is 4. The van der Waals surface area contributed by atoms with Gasteiger partial charge in [-0.3, -0.25) is 9.69 Å². The van der Waals surface area contributed by atoms with Gasteiger partial charge in [0, 0.05) is 31.7 Å². The van der Waals surface area contributed by atoms with Gasteiger partial charge >= 0.3 is 6.18 Å². The molecule has 1 aliphatic heterocycles. The van der Waals surface area contributed by atoms with Gasteiger partial charge in [0.05, 0.1) is 5.56 Å². The van der Waals surface area contributed by atoms with Gasteiger partial charge in [0.1, 0.15) is 11.6 Å². The van der Waals surface area contributed by atoms with Crippen LogP contribution in [0.5, 0.6) is 5.75 Å². The Bertz CT molecular complexity index is 870. The van der Waals surface area contributed by atoms with Crippen LogP contribution in [0.25, 0.3) is 0 Å². The SMILES string of the molecule is CC1CN(C(=O)COc2ccccc2C(F)(F)F)C(C)CN1Cc1ccc(F)cc1. The average Bonchev–Trinajstić information content (AvgIpc) is 2.70. The van der Waals surface area contributed by atoms with E-state index in [-0.39, 0.29) is 29.6 Å². The van der Waals surface area contributed by atoms with Crippen LogP contribution in [0.4, 0.5) is 17.6 Å². The van der Waals surface area contributed by atoms with Crippen LogP contribution in [0.1, 0.15) is 25.0 Å². The Kier molecular flexibility index (Phi) is 6.65. The molecule has 1 heterocycles. The number of para-hydroxylation sites is 1. The molecular weight excluding hydrogens is 400 g/mol. The van der Waals surface area contributed by atoms with Gasteiger partial charge in [0.2, 0.25) is 0 Å². The minimum absolute atomic E-state index is 0.0395. The van der Waals surface area contributed by atoms with E-state index in [0.717, 1.165) is 11.6 Å². The first-order valence-corrected chi connectivity index (χ1v) is 9.72. The summed E-state index contributed by atoms with van der Waals surface area (Å²) in [7, 11) is 0. The van der Waals surface area contributed by atoms with E-state index in [2.05, 4.69) is 4.90 Å². The van der Waals surface area contributed by atoms with Crippen LogP contribution >= 0.6 is 0 Å². The highest BCUT2D eigenvalue weighted by molar-refractivity contribution is 5.78. The highest BCUT2D eigenvalue weighted by Gasteiger charge is 2.35. The van der Waals surface area contributed by atoms with Gasteiger partial charge in [-0.1, -0.05) is 24.3 Å². The number of alkyl halides is 3. The van der Waals surface area contributed by atoms with Crippen molar-refractivity contribution >= 4 is 5.91 Å². The maximum Gasteiger partial charge on any atom is 0.419 e. The largest absolute Gasteiger partial charge is 0.483 e. The third-order valence-electron chi connectivity index (χ3n) is 5.28. The molecule has 0 aromatic heterocycles. The molecule has 4 nitrogen and oxygen atoms in total. The first kappa shape index (κ1) is 22.1. The summed E-state index contributed by atoms with van der Waals surface area (Å²) in [5.41, 5.74) is 0.0747. The number of hydrogen-bond donors (Lipinski definition) is 0. The Balaban J connectivity index is 1.60. The summed E-state index contributed by atoms with van der Waals surface area (Å²) in [6, 6.07) is 11.1. The van der Waals surface area contributed by atoms with Gasteiger partial charge in [0.15, 0.2) is 6.61 Å². The molecule has 2 unspecified atom stereocenters. The number of amides is 1. The van der Waals surface area contributed by atoms with Crippen molar-refractivity contribution in [2.45, 2.75) is 38.7 Å². The molecule has 0 bridgehead atoms. The van der Waals surface area contributed by atoms with E-state index in [9.17, 15) is 22.4 Å². The van der Waals surface area contributed by atoms with Crippen LogP contribution in [-0.2, 0) is 17.5 Å². The van der Waals surface area contributed by atoms with Crippen molar-refractivity contribution in [3.63, 3.8) is 0 Å². The second kappa shape index (κ2) is 9.04. The van der Waals surface area contributed by atoms with Crippen LogP contribution < -0.4 is 4.74 Å². The molecule has 0 radical (unpaired) electrons. The Labute approximate surface area is 173 Å². The van der Waals surface area contributed by atoms with Gasteiger partial charge < -0.3 is 9.64 Å². The molecular formula is C22H24F4N2O2. The number of hydrogen-bond acceptors (Lipinski definition) is 3. The van der Waals surface area contributed by atoms with Gasteiger partial charge in [-0.05, 0) is 43.7 Å². The fraction of sp³-hybridized carbons (Fsp3) is 0.409. The fourth-order valence-corrected chi connectivity index (χ4v) is 3.64. The summed E-state index contributed by atoms with van der Waals surface area (Å²) >= 11 is 0. The number of benzene rings is 2. The highest BCUT2D eigenvalue weighted by atomic mass is 19.4. The Morgan fingerprint density at radius 3 is 2.37 bits per heavy atom. The van der Waals surface area contributed by atoms with Crippen molar-refractivity contribution in [1.82, 2.24) is 9.80 Å². The molecule has 1 amide bonds. The lowest BCUT2D eigenvalue weighted by Gasteiger charge is -2.44. The molecule has 3 rings (SSSR count). The van der Waals surface area contributed by atoms with Gasteiger partial charge in [-0.15, -0.1) is 0 Å². The average molecular weight is 424 g/mol. The zero-order valence-corrected chi connectivity index (χ0v) is 16.8. The van der Waals surface area contributed by atoms with E-state index >= 15 is 0 Å². The Hall–Kier alpha value is -2.61. The Morgan fingerprint density at radius 2 is 1.70 bits per heavy atom. The van der Waals surface area contributed by atoms with E-state index in [1.807, 2.05) is 13.8 Å². The van der Waals surface area contributed by atoms with Crippen molar-refractivity contribution in [3.05, 3.63) is 65.5 Å². The van der Waals surface area contributed by atoms with Gasteiger partial charge in [0.25, 0.3) is 5.91 Å². The fourth-order valence-electron chi connectivity index (χ4n) is 3.64. The molecule has 0 N–H and O–H groups in total. The topological polar surface area (TPSA) is 32.8 Å². The maximum absolute atomic E-state index is 13.1. The van der Waals surface area contributed by atoms with Crippen LogP contribution in [-0.4, -0.2) is 47.5 Å². The number of rotatable bonds is 5. The van der Waals surface area contributed by atoms with Crippen molar-refractivity contribution in [2.24, 2.45) is 0 Å². The second-order valence-electron chi connectivity index (χ2n) is 7.58. The quantitative estimate of drug-likeness (QED) is 0.670. The van der Waals surface area contributed by atoms with E-state index in [1.165, 1.54) is 30.3 Å². The van der Waals surface area contributed by atoms with Crippen LogP contribution in [0, 0.1) is 5.82 Å². The molecule has 162 valence electrons. The lowest BCUT2D eigenvalue weighted by Crippen LogP contribution is -2.58. The predicted octanol–water partition coefficient (Wildman–Crippen LogP) is 4.34. The van der Waals surface area contributed by atoms with Crippen LogP contribution in [0.2, 0.25) is 0 Å². The standard InChI is InChI=1S/C22H24F4N2O2/c1-15-12-28(16(2)11-27(15)13-17-7-9-18(23)10-8-17)21(29)14-30-20-6-4-3-5-19(20)22(24,25)26/h3-10,15-16H,11-14H2,1-2H3. The summed E-state index contributed by atoms with van der Waals surface area (Å²) < 4.78 is 57.6. The van der Waals surface area contributed by atoms with E-state index < -0.39 is 18.3 Å². The first-order valence-electron chi connectivity index (χ1n) is 9.72. The molecule has 0 saturated carbocycles. The molecule has 1 saturated heterocycles. The van der Waals surface area contributed by atoms with Gasteiger partial charge in [-0.2, -0.15) is 13.2 Å². The van der Waals surface area contributed by atoms with Crippen molar-refractivity contribution < 1.29 is 27.1 Å². The van der Waals surface area contributed by atoms with Gasteiger partial charge in [-0.25, -0.2) is 4.39 Å². The molecule has 0 aliphatic carbocycles. The maximum atomic E-state index is 13.1. The number of ether oxygens (including phenoxy) is 1. The second-order valence-corrected chi connectivity index (χ2v) is 7.58. The third-order valence-corrected chi connectivity index (χ3v) is 5.28. The monoisotopic (exact) mass is 424 g/mol. The number of nitrogens with zero attached hydrogens (tertiary/aromatic N) is 2.